The fourth-order valence-corrected chi connectivity index (χ4v) is 2.29. The molecule has 0 aliphatic carbocycles. The molecule has 19 heavy (non-hydrogen) atoms. The number of aryl methyl sites for hydroxylation is 1. The Morgan fingerprint density at radius 2 is 2.37 bits per heavy atom. The third kappa shape index (κ3) is 3.54. The second-order valence-electron chi connectivity index (χ2n) is 4.80. The quantitative estimate of drug-likeness (QED) is 0.748. The molecular formula is C13H21N3O3. The fourth-order valence-electron chi connectivity index (χ4n) is 2.29. The number of hydrogen-bond acceptors (Lipinski definition) is 5. The van der Waals surface area contributed by atoms with Crippen molar-refractivity contribution < 1.29 is 9.84 Å². The number of aliphatic hydroxyl groups excluding tert-OH is 1. The minimum Gasteiger partial charge on any atom is -0.396 e. The molecule has 0 saturated carbocycles. The van der Waals surface area contributed by atoms with Crippen molar-refractivity contribution in [1.29, 1.82) is 0 Å². The van der Waals surface area contributed by atoms with Gasteiger partial charge in [-0.1, -0.05) is 0 Å². The van der Waals surface area contributed by atoms with Crippen molar-refractivity contribution in [2.45, 2.75) is 31.9 Å². The molecule has 0 spiro atoms. The molecular weight excluding hydrogens is 246 g/mol. The topological polar surface area (TPSA) is 67.6 Å². The highest BCUT2D eigenvalue weighted by atomic mass is 16.5. The van der Waals surface area contributed by atoms with Crippen LogP contribution in [0.4, 0.5) is 5.69 Å². The molecule has 0 amide bonds. The van der Waals surface area contributed by atoms with Gasteiger partial charge in [-0.3, -0.25) is 4.79 Å². The zero-order chi connectivity index (χ0) is 13.7. The van der Waals surface area contributed by atoms with Gasteiger partial charge in [0.05, 0.1) is 18.0 Å². The fraction of sp³-hybridized carbons (Fsp3) is 0.692. The van der Waals surface area contributed by atoms with Crippen LogP contribution in [0, 0.1) is 0 Å². The maximum Gasteiger partial charge on any atom is 0.268 e. The van der Waals surface area contributed by atoms with Gasteiger partial charge in [0.2, 0.25) is 0 Å². The Labute approximate surface area is 112 Å². The van der Waals surface area contributed by atoms with E-state index in [9.17, 15) is 4.79 Å². The molecule has 1 aliphatic rings. The lowest BCUT2D eigenvalue weighted by atomic mass is 10.3. The van der Waals surface area contributed by atoms with Gasteiger partial charge >= 0.3 is 0 Å². The van der Waals surface area contributed by atoms with Gasteiger partial charge in [-0.15, -0.1) is 0 Å². The molecule has 1 aromatic rings. The van der Waals surface area contributed by atoms with E-state index in [4.69, 9.17) is 9.84 Å². The van der Waals surface area contributed by atoms with Gasteiger partial charge < -0.3 is 14.7 Å². The summed E-state index contributed by atoms with van der Waals surface area (Å²) in [7, 11) is 1.71. The monoisotopic (exact) mass is 267 g/mol. The summed E-state index contributed by atoms with van der Waals surface area (Å²) in [6.07, 6.45) is 4.41. The Balaban J connectivity index is 2.00. The predicted molar refractivity (Wildman–Crippen MR) is 72.4 cm³/mol. The average Bonchev–Trinajstić information content (AvgIpc) is 2.89. The van der Waals surface area contributed by atoms with Crippen LogP contribution in [0.5, 0.6) is 0 Å². The first-order valence-corrected chi connectivity index (χ1v) is 6.70. The van der Waals surface area contributed by atoms with E-state index in [0.29, 0.717) is 13.0 Å². The van der Waals surface area contributed by atoms with Crippen molar-refractivity contribution in [3.05, 3.63) is 22.6 Å². The van der Waals surface area contributed by atoms with Crippen molar-refractivity contribution >= 4 is 5.69 Å². The first-order valence-electron chi connectivity index (χ1n) is 6.70. The molecule has 2 heterocycles. The van der Waals surface area contributed by atoms with Crippen molar-refractivity contribution in [3.8, 4) is 0 Å². The normalized spacial score (nSPS) is 19.1. The van der Waals surface area contributed by atoms with Gasteiger partial charge in [0, 0.05) is 39.4 Å². The highest BCUT2D eigenvalue weighted by molar-refractivity contribution is 5.44. The van der Waals surface area contributed by atoms with E-state index >= 15 is 0 Å². The molecule has 1 saturated heterocycles. The molecule has 0 bridgehead atoms. The summed E-state index contributed by atoms with van der Waals surface area (Å²) < 4.78 is 6.76. The van der Waals surface area contributed by atoms with Crippen LogP contribution >= 0.6 is 0 Å². The SMILES string of the molecule is COC1CCN(c2cnn(CCCCO)c(=O)c2)C1. The molecule has 1 atom stereocenters. The summed E-state index contributed by atoms with van der Waals surface area (Å²) in [5, 5.41) is 12.9. The van der Waals surface area contributed by atoms with Gasteiger partial charge in [-0.05, 0) is 19.3 Å². The van der Waals surface area contributed by atoms with E-state index in [2.05, 4.69) is 10.00 Å². The number of ether oxygens (including phenoxy) is 1. The van der Waals surface area contributed by atoms with Crippen LogP contribution in [0.3, 0.4) is 0 Å². The summed E-state index contributed by atoms with van der Waals surface area (Å²) in [4.78, 5) is 14.0. The maximum atomic E-state index is 11.9. The zero-order valence-corrected chi connectivity index (χ0v) is 11.3. The summed E-state index contributed by atoms with van der Waals surface area (Å²) in [6.45, 7) is 2.42. The third-order valence-electron chi connectivity index (χ3n) is 3.48. The standard InChI is InChI=1S/C13H21N3O3/c1-19-12-4-6-15(10-12)11-8-13(18)16(14-9-11)5-2-3-7-17/h8-9,12,17H,2-7,10H2,1H3. The Kier molecular flexibility index (Phi) is 4.93. The van der Waals surface area contributed by atoms with Gasteiger partial charge in [-0.25, -0.2) is 4.68 Å². The molecule has 6 heteroatoms. The molecule has 1 aliphatic heterocycles. The summed E-state index contributed by atoms with van der Waals surface area (Å²) in [5.41, 5.74) is 0.777. The van der Waals surface area contributed by atoms with Crippen LogP contribution in [-0.2, 0) is 11.3 Å². The Hall–Kier alpha value is -1.40. The summed E-state index contributed by atoms with van der Waals surface area (Å²) in [6, 6.07) is 1.63. The van der Waals surface area contributed by atoms with Gasteiger partial charge in [0.1, 0.15) is 0 Å². The molecule has 6 nitrogen and oxygen atoms in total. The molecule has 1 N–H and O–H groups in total. The average molecular weight is 267 g/mol. The maximum absolute atomic E-state index is 11.9. The Morgan fingerprint density at radius 3 is 3.00 bits per heavy atom. The van der Waals surface area contributed by atoms with Crippen molar-refractivity contribution in [1.82, 2.24) is 9.78 Å². The lowest BCUT2D eigenvalue weighted by Crippen LogP contribution is -2.27. The number of unbranched alkanes of at least 4 members (excludes halogenated alkanes) is 1. The number of anilines is 1. The number of aliphatic hydroxyl groups is 1. The molecule has 2 rings (SSSR count). The third-order valence-corrected chi connectivity index (χ3v) is 3.48. The first-order chi connectivity index (χ1) is 9.24. The van der Waals surface area contributed by atoms with E-state index in [1.807, 2.05) is 0 Å². The molecule has 1 fully saturated rings. The second-order valence-corrected chi connectivity index (χ2v) is 4.80. The first kappa shape index (κ1) is 14.0. The van der Waals surface area contributed by atoms with Crippen LogP contribution < -0.4 is 10.5 Å². The number of aromatic nitrogens is 2. The molecule has 0 radical (unpaired) electrons. The van der Waals surface area contributed by atoms with E-state index in [-0.39, 0.29) is 18.3 Å². The zero-order valence-electron chi connectivity index (χ0n) is 11.3. The van der Waals surface area contributed by atoms with Crippen LogP contribution in [0.2, 0.25) is 0 Å². The highest BCUT2D eigenvalue weighted by Crippen LogP contribution is 2.19. The van der Waals surface area contributed by atoms with E-state index in [1.165, 1.54) is 4.68 Å². The van der Waals surface area contributed by atoms with Gasteiger partial charge in [0.25, 0.3) is 5.56 Å². The van der Waals surface area contributed by atoms with E-state index < -0.39 is 0 Å². The molecule has 1 aromatic heterocycles. The Bertz CT molecular complexity index is 461. The number of methoxy groups -OCH3 is 1. The van der Waals surface area contributed by atoms with Crippen molar-refractivity contribution in [2.75, 3.05) is 31.7 Å². The van der Waals surface area contributed by atoms with Crippen molar-refractivity contribution in [2.24, 2.45) is 0 Å². The number of hydrogen-bond donors (Lipinski definition) is 1. The van der Waals surface area contributed by atoms with Crippen LogP contribution in [0.15, 0.2) is 17.1 Å². The predicted octanol–water partition coefficient (Wildman–Crippen LogP) is 0.241. The minimum absolute atomic E-state index is 0.0868. The van der Waals surface area contributed by atoms with Gasteiger partial charge in [0.15, 0.2) is 0 Å². The second kappa shape index (κ2) is 6.68. The van der Waals surface area contributed by atoms with Crippen LogP contribution in [-0.4, -0.2) is 47.8 Å². The number of nitrogens with zero attached hydrogens (tertiary/aromatic N) is 3. The summed E-state index contributed by atoms with van der Waals surface area (Å²) >= 11 is 0. The van der Waals surface area contributed by atoms with Crippen molar-refractivity contribution in [3.63, 3.8) is 0 Å². The lowest BCUT2D eigenvalue weighted by molar-refractivity contribution is 0.121. The highest BCUT2D eigenvalue weighted by Gasteiger charge is 2.22. The summed E-state index contributed by atoms with van der Waals surface area (Å²) in [5.74, 6) is 0. The largest absolute Gasteiger partial charge is 0.396 e. The Morgan fingerprint density at radius 1 is 1.53 bits per heavy atom. The molecule has 0 aromatic carbocycles. The van der Waals surface area contributed by atoms with Gasteiger partial charge in [-0.2, -0.15) is 5.10 Å². The minimum atomic E-state index is -0.0868. The van der Waals surface area contributed by atoms with Crippen LogP contribution in [0.1, 0.15) is 19.3 Å². The molecule has 1 unspecified atom stereocenters. The molecule has 106 valence electrons. The smallest absolute Gasteiger partial charge is 0.268 e. The number of rotatable bonds is 6. The van der Waals surface area contributed by atoms with E-state index in [1.54, 1.807) is 19.4 Å². The van der Waals surface area contributed by atoms with Crippen LogP contribution in [0.25, 0.3) is 0 Å². The van der Waals surface area contributed by atoms with E-state index in [0.717, 1.165) is 31.6 Å². The lowest BCUT2D eigenvalue weighted by Gasteiger charge is -2.18.